The maximum absolute atomic E-state index is 5.46. The van der Waals surface area contributed by atoms with Crippen LogP contribution in [-0.4, -0.2) is 48.8 Å². The minimum absolute atomic E-state index is 0.192. The number of nitrogens with one attached hydrogen (secondary N) is 1. The molecule has 1 saturated heterocycles. The van der Waals surface area contributed by atoms with E-state index in [0.717, 1.165) is 37.6 Å². The van der Waals surface area contributed by atoms with Crippen molar-refractivity contribution < 1.29 is 9.26 Å². The van der Waals surface area contributed by atoms with Gasteiger partial charge in [0.1, 0.15) is 5.75 Å². The van der Waals surface area contributed by atoms with E-state index in [0.29, 0.717) is 11.8 Å². The number of nitrogens with zero attached hydrogens (tertiary/aromatic N) is 3. The third-order valence-electron chi connectivity index (χ3n) is 4.46. The first-order chi connectivity index (χ1) is 11.2. The molecule has 1 N–H and O–H groups in total. The lowest BCUT2D eigenvalue weighted by molar-refractivity contribution is 0.190. The molecule has 2 atom stereocenters. The summed E-state index contributed by atoms with van der Waals surface area (Å²) >= 11 is 0. The second-order valence-corrected chi connectivity index (χ2v) is 6.13. The molecule has 6 nitrogen and oxygen atoms in total. The third-order valence-corrected chi connectivity index (χ3v) is 4.46. The number of hydrogen-bond acceptors (Lipinski definition) is 6. The quantitative estimate of drug-likeness (QED) is 0.910. The van der Waals surface area contributed by atoms with Gasteiger partial charge in [0.25, 0.3) is 0 Å². The van der Waals surface area contributed by atoms with Gasteiger partial charge in [-0.05, 0) is 30.7 Å². The topological polar surface area (TPSA) is 63.4 Å². The Morgan fingerprint density at radius 1 is 1.39 bits per heavy atom. The normalized spacial score (nSPS) is 20.4. The van der Waals surface area contributed by atoms with E-state index < -0.39 is 0 Å². The minimum atomic E-state index is 0.192. The van der Waals surface area contributed by atoms with Crippen LogP contribution in [0.2, 0.25) is 0 Å². The van der Waals surface area contributed by atoms with E-state index in [9.17, 15) is 0 Å². The van der Waals surface area contributed by atoms with Crippen molar-refractivity contribution in [1.29, 1.82) is 0 Å². The summed E-state index contributed by atoms with van der Waals surface area (Å²) in [5, 5.41) is 7.55. The van der Waals surface area contributed by atoms with Crippen molar-refractivity contribution in [1.82, 2.24) is 20.4 Å². The highest BCUT2D eigenvalue weighted by atomic mass is 16.5. The standard InChI is InChI=1S/C17H24N4O2/c1-12(13-4-6-14(22-3)7-5-13)10-16-19-17(20-23-16)15-11-18-8-9-21(15)2/h4-7,12,15,18H,8-11H2,1-3H3. The molecule has 3 rings (SSSR count). The first kappa shape index (κ1) is 16.0. The Morgan fingerprint density at radius 2 is 2.17 bits per heavy atom. The summed E-state index contributed by atoms with van der Waals surface area (Å²) in [5.74, 6) is 2.66. The molecule has 1 fully saturated rings. The Hall–Kier alpha value is -1.92. The van der Waals surface area contributed by atoms with E-state index in [2.05, 4.69) is 46.5 Å². The van der Waals surface area contributed by atoms with Crippen LogP contribution in [-0.2, 0) is 6.42 Å². The van der Waals surface area contributed by atoms with Gasteiger partial charge in [-0.3, -0.25) is 4.90 Å². The van der Waals surface area contributed by atoms with E-state index in [-0.39, 0.29) is 6.04 Å². The van der Waals surface area contributed by atoms with Crippen molar-refractivity contribution in [2.75, 3.05) is 33.8 Å². The summed E-state index contributed by atoms with van der Waals surface area (Å²) < 4.78 is 10.7. The van der Waals surface area contributed by atoms with Gasteiger partial charge in [0.05, 0.1) is 13.2 Å². The zero-order valence-corrected chi connectivity index (χ0v) is 14.0. The predicted octanol–water partition coefficient (Wildman–Crippen LogP) is 2.00. The second-order valence-electron chi connectivity index (χ2n) is 6.13. The molecular formula is C17H24N4O2. The van der Waals surface area contributed by atoms with E-state index in [1.165, 1.54) is 5.56 Å². The first-order valence-electron chi connectivity index (χ1n) is 8.04. The molecular weight excluding hydrogens is 292 g/mol. The molecule has 2 aromatic rings. The summed E-state index contributed by atoms with van der Waals surface area (Å²) in [5.41, 5.74) is 1.24. The SMILES string of the molecule is COc1ccc(C(C)Cc2nc(C3CNCCN3C)no2)cc1. The molecule has 0 amide bonds. The van der Waals surface area contributed by atoms with Crippen molar-refractivity contribution >= 4 is 0 Å². The molecule has 0 spiro atoms. The van der Waals surface area contributed by atoms with Gasteiger partial charge in [0, 0.05) is 26.1 Å². The Kier molecular flexibility index (Phi) is 4.93. The summed E-state index contributed by atoms with van der Waals surface area (Å²) in [4.78, 5) is 6.86. The van der Waals surface area contributed by atoms with Crippen molar-refractivity contribution in [3.8, 4) is 5.75 Å². The molecule has 0 radical (unpaired) electrons. The fourth-order valence-corrected chi connectivity index (χ4v) is 2.89. The molecule has 0 saturated carbocycles. The van der Waals surface area contributed by atoms with E-state index in [4.69, 9.17) is 9.26 Å². The van der Waals surface area contributed by atoms with Gasteiger partial charge in [0.15, 0.2) is 5.82 Å². The Bertz CT molecular complexity index is 626. The molecule has 23 heavy (non-hydrogen) atoms. The molecule has 1 aliphatic rings. The highest BCUT2D eigenvalue weighted by Crippen LogP contribution is 2.24. The molecule has 1 aromatic heterocycles. The Morgan fingerprint density at radius 3 is 2.87 bits per heavy atom. The number of rotatable bonds is 5. The van der Waals surface area contributed by atoms with Gasteiger partial charge in [-0.1, -0.05) is 24.2 Å². The van der Waals surface area contributed by atoms with Crippen LogP contribution in [0.3, 0.4) is 0 Å². The number of benzene rings is 1. The third kappa shape index (κ3) is 3.71. The van der Waals surface area contributed by atoms with Crippen LogP contribution < -0.4 is 10.1 Å². The van der Waals surface area contributed by atoms with Gasteiger partial charge in [-0.25, -0.2) is 0 Å². The van der Waals surface area contributed by atoms with Gasteiger partial charge in [0.2, 0.25) is 5.89 Å². The molecule has 1 aromatic carbocycles. The van der Waals surface area contributed by atoms with Crippen molar-refractivity contribution in [3.63, 3.8) is 0 Å². The molecule has 6 heteroatoms. The molecule has 2 heterocycles. The van der Waals surface area contributed by atoms with Gasteiger partial charge in [-0.15, -0.1) is 0 Å². The van der Waals surface area contributed by atoms with E-state index in [1.807, 2.05) is 12.1 Å². The largest absolute Gasteiger partial charge is 0.497 e. The predicted molar refractivity (Wildman–Crippen MR) is 87.7 cm³/mol. The highest BCUT2D eigenvalue weighted by Gasteiger charge is 2.25. The van der Waals surface area contributed by atoms with E-state index in [1.54, 1.807) is 7.11 Å². The van der Waals surface area contributed by atoms with Crippen LogP contribution in [0.5, 0.6) is 5.75 Å². The number of ether oxygens (including phenoxy) is 1. The molecule has 124 valence electrons. The highest BCUT2D eigenvalue weighted by molar-refractivity contribution is 5.29. The smallest absolute Gasteiger partial charge is 0.227 e. The lowest BCUT2D eigenvalue weighted by Gasteiger charge is -2.30. The summed E-state index contributed by atoms with van der Waals surface area (Å²) in [6, 6.07) is 8.32. The van der Waals surface area contributed by atoms with Crippen LogP contribution >= 0.6 is 0 Å². The maximum Gasteiger partial charge on any atom is 0.227 e. The van der Waals surface area contributed by atoms with Crippen LogP contribution in [0.1, 0.15) is 36.2 Å². The summed E-state index contributed by atoms with van der Waals surface area (Å²) in [7, 11) is 3.77. The van der Waals surface area contributed by atoms with Crippen LogP contribution in [0.25, 0.3) is 0 Å². The fraction of sp³-hybridized carbons (Fsp3) is 0.529. The van der Waals surface area contributed by atoms with Crippen LogP contribution in [0.15, 0.2) is 28.8 Å². The molecule has 2 unspecified atom stereocenters. The zero-order chi connectivity index (χ0) is 16.2. The van der Waals surface area contributed by atoms with Crippen molar-refractivity contribution in [2.45, 2.75) is 25.3 Å². The van der Waals surface area contributed by atoms with Gasteiger partial charge >= 0.3 is 0 Å². The number of hydrogen-bond donors (Lipinski definition) is 1. The number of methoxy groups -OCH3 is 1. The number of likely N-dealkylation sites (N-methyl/N-ethyl adjacent to an activating group) is 1. The zero-order valence-electron chi connectivity index (χ0n) is 14.0. The summed E-state index contributed by atoms with van der Waals surface area (Å²) in [6.45, 7) is 5.03. The van der Waals surface area contributed by atoms with Gasteiger partial charge < -0.3 is 14.6 Å². The van der Waals surface area contributed by atoms with Crippen molar-refractivity contribution in [3.05, 3.63) is 41.5 Å². The maximum atomic E-state index is 5.46. The van der Waals surface area contributed by atoms with Crippen molar-refractivity contribution in [2.24, 2.45) is 0 Å². The second kappa shape index (κ2) is 7.10. The first-order valence-corrected chi connectivity index (χ1v) is 8.04. The van der Waals surface area contributed by atoms with Crippen LogP contribution in [0.4, 0.5) is 0 Å². The van der Waals surface area contributed by atoms with E-state index >= 15 is 0 Å². The lowest BCUT2D eigenvalue weighted by atomic mass is 9.98. The fourth-order valence-electron chi connectivity index (χ4n) is 2.89. The number of aromatic nitrogens is 2. The molecule has 0 aliphatic carbocycles. The average Bonchev–Trinajstić information content (AvgIpc) is 3.03. The monoisotopic (exact) mass is 316 g/mol. The minimum Gasteiger partial charge on any atom is -0.497 e. The van der Waals surface area contributed by atoms with Crippen LogP contribution in [0, 0.1) is 0 Å². The Labute approximate surface area is 136 Å². The average molecular weight is 316 g/mol. The number of piperazine rings is 1. The van der Waals surface area contributed by atoms with Gasteiger partial charge in [-0.2, -0.15) is 4.98 Å². The molecule has 0 bridgehead atoms. The molecule has 1 aliphatic heterocycles. The lowest BCUT2D eigenvalue weighted by Crippen LogP contribution is -2.44. The summed E-state index contributed by atoms with van der Waals surface area (Å²) in [6.07, 6.45) is 0.739. The Balaban J connectivity index is 1.65.